The normalized spacial score (nSPS) is 10.4. The number of rotatable bonds is 2. The highest BCUT2D eigenvalue weighted by Crippen LogP contribution is 2.12. The molecule has 0 aliphatic heterocycles. The van der Waals surface area contributed by atoms with Crippen molar-refractivity contribution in [3.63, 3.8) is 0 Å². The molecule has 0 bridgehead atoms. The Hall–Kier alpha value is -1.16. The van der Waals surface area contributed by atoms with E-state index in [0.29, 0.717) is 11.7 Å². The van der Waals surface area contributed by atoms with E-state index < -0.39 is 0 Å². The third-order valence-corrected chi connectivity index (χ3v) is 2.35. The molecule has 2 rings (SSSR count). The van der Waals surface area contributed by atoms with Crippen LogP contribution in [0.5, 0.6) is 0 Å². The number of thiophene rings is 1. The average Bonchev–Trinajstić information content (AvgIpc) is 2.63. The minimum absolute atomic E-state index is 0.690. The van der Waals surface area contributed by atoms with Crippen LogP contribution < -0.4 is 0 Å². The number of aryl methyl sites for hydroxylation is 1. The van der Waals surface area contributed by atoms with Crippen molar-refractivity contribution >= 4 is 11.3 Å². The number of hydrogen-bond donors (Lipinski definition) is 0. The number of aromatic nitrogens is 2. The third-order valence-electron chi connectivity index (χ3n) is 1.48. The minimum Gasteiger partial charge on any atom is -0.339 e. The van der Waals surface area contributed by atoms with Gasteiger partial charge in [0.25, 0.3) is 0 Å². The monoisotopic (exact) mass is 180 g/mol. The van der Waals surface area contributed by atoms with Gasteiger partial charge >= 0.3 is 0 Å². The molecule has 0 N–H and O–H groups in total. The molecule has 0 aliphatic carbocycles. The Morgan fingerprint density at radius 3 is 3.08 bits per heavy atom. The first-order chi connectivity index (χ1) is 5.84. The molecule has 0 saturated heterocycles. The molecule has 0 aliphatic rings. The van der Waals surface area contributed by atoms with Crippen LogP contribution in [0.15, 0.2) is 22.0 Å². The molecule has 2 aromatic heterocycles. The summed E-state index contributed by atoms with van der Waals surface area (Å²) in [6.07, 6.45) is 0.749. The fourth-order valence-corrected chi connectivity index (χ4v) is 1.67. The maximum absolute atomic E-state index is 4.98. The zero-order valence-corrected chi connectivity index (χ0v) is 7.47. The van der Waals surface area contributed by atoms with Gasteiger partial charge in [-0.3, -0.25) is 0 Å². The summed E-state index contributed by atoms with van der Waals surface area (Å²) >= 11 is 1.70. The molecule has 2 aromatic rings. The van der Waals surface area contributed by atoms with Gasteiger partial charge in [0.1, 0.15) is 0 Å². The zero-order chi connectivity index (χ0) is 8.39. The molecule has 0 atom stereocenters. The van der Waals surface area contributed by atoms with Crippen molar-refractivity contribution in [1.29, 1.82) is 0 Å². The molecule has 0 unspecified atom stereocenters. The topological polar surface area (TPSA) is 38.9 Å². The van der Waals surface area contributed by atoms with Gasteiger partial charge in [-0.1, -0.05) is 11.2 Å². The van der Waals surface area contributed by atoms with Crippen molar-refractivity contribution in [3.8, 4) is 0 Å². The van der Waals surface area contributed by atoms with E-state index in [1.165, 1.54) is 4.88 Å². The first-order valence-electron chi connectivity index (χ1n) is 3.66. The zero-order valence-electron chi connectivity index (χ0n) is 6.65. The van der Waals surface area contributed by atoms with E-state index >= 15 is 0 Å². The average molecular weight is 180 g/mol. The summed E-state index contributed by atoms with van der Waals surface area (Å²) < 4.78 is 4.98. The van der Waals surface area contributed by atoms with E-state index in [4.69, 9.17) is 4.52 Å². The van der Waals surface area contributed by atoms with Crippen molar-refractivity contribution in [3.05, 3.63) is 34.1 Å². The molecule has 0 radical (unpaired) electrons. The summed E-state index contributed by atoms with van der Waals surface area (Å²) in [5.41, 5.74) is 0. The van der Waals surface area contributed by atoms with Crippen LogP contribution in [-0.4, -0.2) is 10.1 Å². The Bertz CT molecular complexity index is 353. The third kappa shape index (κ3) is 1.53. The predicted octanol–water partition coefficient (Wildman–Crippen LogP) is 2.03. The Balaban J connectivity index is 2.14. The summed E-state index contributed by atoms with van der Waals surface area (Å²) in [4.78, 5) is 5.36. The minimum atomic E-state index is 0.690. The standard InChI is InChI=1S/C8H8N2OS/c1-6-9-8(11-10-6)5-7-3-2-4-12-7/h2-4H,5H2,1H3. The lowest BCUT2D eigenvalue weighted by atomic mass is 10.3. The van der Waals surface area contributed by atoms with Gasteiger partial charge in [-0.05, 0) is 18.4 Å². The second-order valence-corrected chi connectivity index (χ2v) is 3.52. The molecule has 0 amide bonds. The van der Waals surface area contributed by atoms with E-state index in [9.17, 15) is 0 Å². The quantitative estimate of drug-likeness (QED) is 0.709. The van der Waals surface area contributed by atoms with Gasteiger partial charge in [0.15, 0.2) is 5.82 Å². The molecular formula is C8H8N2OS. The lowest BCUT2D eigenvalue weighted by Gasteiger charge is -1.86. The smallest absolute Gasteiger partial charge is 0.231 e. The van der Waals surface area contributed by atoms with Crippen LogP contribution >= 0.6 is 11.3 Å². The molecule has 4 heteroatoms. The largest absolute Gasteiger partial charge is 0.339 e. The first kappa shape index (κ1) is 7.49. The highest BCUT2D eigenvalue weighted by Gasteiger charge is 2.03. The van der Waals surface area contributed by atoms with Crippen LogP contribution in [0.2, 0.25) is 0 Å². The van der Waals surface area contributed by atoms with Gasteiger partial charge in [0.2, 0.25) is 5.89 Å². The molecule has 2 heterocycles. The SMILES string of the molecule is Cc1noc(Cc2cccs2)n1. The van der Waals surface area contributed by atoms with Gasteiger partial charge in [0.05, 0.1) is 6.42 Å². The second-order valence-electron chi connectivity index (χ2n) is 2.49. The molecule has 0 aromatic carbocycles. The maximum atomic E-state index is 4.98. The van der Waals surface area contributed by atoms with Gasteiger partial charge < -0.3 is 4.52 Å². The Labute approximate surface area is 74.0 Å². The lowest BCUT2D eigenvalue weighted by molar-refractivity contribution is 0.382. The van der Waals surface area contributed by atoms with Crippen molar-refractivity contribution in [2.45, 2.75) is 13.3 Å². The van der Waals surface area contributed by atoms with Gasteiger partial charge in [-0.15, -0.1) is 11.3 Å². The van der Waals surface area contributed by atoms with Crippen molar-refractivity contribution in [2.75, 3.05) is 0 Å². The number of nitrogens with zero attached hydrogens (tertiary/aromatic N) is 2. The van der Waals surface area contributed by atoms with Gasteiger partial charge in [-0.2, -0.15) is 4.98 Å². The lowest BCUT2D eigenvalue weighted by Crippen LogP contribution is -1.83. The van der Waals surface area contributed by atoms with Crippen molar-refractivity contribution in [1.82, 2.24) is 10.1 Å². The Morgan fingerprint density at radius 2 is 2.50 bits per heavy atom. The molecule has 12 heavy (non-hydrogen) atoms. The van der Waals surface area contributed by atoms with E-state index in [1.54, 1.807) is 11.3 Å². The summed E-state index contributed by atoms with van der Waals surface area (Å²) in [5.74, 6) is 1.39. The summed E-state index contributed by atoms with van der Waals surface area (Å²) in [6.45, 7) is 1.82. The van der Waals surface area contributed by atoms with Crippen LogP contribution in [0.1, 0.15) is 16.6 Å². The predicted molar refractivity (Wildman–Crippen MR) is 46.2 cm³/mol. The van der Waals surface area contributed by atoms with Crippen LogP contribution in [0.3, 0.4) is 0 Å². The van der Waals surface area contributed by atoms with E-state index in [1.807, 2.05) is 18.4 Å². The molecule has 3 nitrogen and oxygen atoms in total. The van der Waals surface area contributed by atoms with Crippen molar-refractivity contribution in [2.24, 2.45) is 0 Å². The fraction of sp³-hybridized carbons (Fsp3) is 0.250. The highest BCUT2D eigenvalue weighted by atomic mass is 32.1. The van der Waals surface area contributed by atoms with E-state index in [0.717, 1.165) is 6.42 Å². The fourth-order valence-electron chi connectivity index (χ4n) is 0.974. The molecular weight excluding hydrogens is 172 g/mol. The molecule has 0 saturated carbocycles. The summed E-state index contributed by atoms with van der Waals surface area (Å²) in [7, 11) is 0. The van der Waals surface area contributed by atoms with Crippen LogP contribution in [0.4, 0.5) is 0 Å². The van der Waals surface area contributed by atoms with Crippen LogP contribution in [-0.2, 0) is 6.42 Å². The van der Waals surface area contributed by atoms with E-state index in [2.05, 4.69) is 16.2 Å². The van der Waals surface area contributed by atoms with Crippen LogP contribution in [0.25, 0.3) is 0 Å². The highest BCUT2D eigenvalue weighted by molar-refractivity contribution is 7.09. The van der Waals surface area contributed by atoms with Gasteiger partial charge in [-0.25, -0.2) is 0 Å². The Kier molecular flexibility index (Phi) is 1.91. The maximum Gasteiger partial charge on any atom is 0.231 e. The first-order valence-corrected chi connectivity index (χ1v) is 4.54. The van der Waals surface area contributed by atoms with Crippen molar-refractivity contribution < 1.29 is 4.52 Å². The Morgan fingerprint density at radius 1 is 1.58 bits per heavy atom. The molecule has 62 valence electrons. The van der Waals surface area contributed by atoms with Gasteiger partial charge in [0, 0.05) is 4.88 Å². The molecule has 0 fully saturated rings. The number of hydrogen-bond acceptors (Lipinski definition) is 4. The summed E-state index contributed by atoms with van der Waals surface area (Å²) in [6, 6.07) is 4.08. The van der Waals surface area contributed by atoms with Crippen LogP contribution in [0, 0.1) is 6.92 Å². The summed E-state index contributed by atoms with van der Waals surface area (Å²) in [5, 5.41) is 5.76. The molecule has 0 spiro atoms. The second kappa shape index (κ2) is 3.06. The van der Waals surface area contributed by atoms with E-state index in [-0.39, 0.29) is 0 Å².